The Balaban J connectivity index is 1.49. The molecule has 2 amide bonds. The summed E-state index contributed by atoms with van der Waals surface area (Å²) in [5, 5.41) is 9.64. The van der Waals surface area contributed by atoms with Crippen LogP contribution in [0.2, 0.25) is 0 Å². The quantitative estimate of drug-likeness (QED) is 0.551. The van der Waals surface area contributed by atoms with Crippen LogP contribution in [0.1, 0.15) is 63.0 Å². The molecule has 1 aromatic heterocycles. The number of rotatable bonds is 8. The van der Waals surface area contributed by atoms with Crippen LogP contribution >= 0.6 is 0 Å². The molecule has 0 spiro atoms. The van der Waals surface area contributed by atoms with Crippen LogP contribution in [0.4, 0.5) is 8.78 Å². The van der Waals surface area contributed by atoms with Crippen molar-refractivity contribution in [3.05, 3.63) is 35.7 Å². The van der Waals surface area contributed by atoms with Crippen molar-refractivity contribution in [1.29, 1.82) is 0 Å². The fraction of sp³-hybridized carbons (Fsp3) is 0.615. The third-order valence-corrected chi connectivity index (χ3v) is 7.15. The zero-order valence-corrected chi connectivity index (χ0v) is 21.6. The van der Waals surface area contributed by atoms with Gasteiger partial charge in [0.2, 0.25) is 5.91 Å². The van der Waals surface area contributed by atoms with Gasteiger partial charge in [-0.1, -0.05) is 24.4 Å². The van der Waals surface area contributed by atoms with Crippen LogP contribution in [0.15, 0.2) is 22.7 Å². The number of halogens is 2. The van der Waals surface area contributed by atoms with Crippen LogP contribution in [0.25, 0.3) is 11.5 Å². The molecule has 37 heavy (non-hydrogen) atoms. The average Bonchev–Trinajstić information content (AvgIpc) is 3.34. The van der Waals surface area contributed by atoms with Gasteiger partial charge in [0.1, 0.15) is 11.6 Å². The minimum absolute atomic E-state index is 0.105. The average molecular weight is 520 g/mol. The van der Waals surface area contributed by atoms with Crippen molar-refractivity contribution in [3.8, 4) is 11.5 Å². The number of piperidine rings is 1. The summed E-state index contributed by atoms with van der Waals surface area (Å²) < 4.78 is 37.7. The second-order valence-electron chi connectivity index (χ2n) is 10.6. The largest absolute Gasteiger partial charge is 0.382 e. The number of aromatic nitrogens is 2. The lowest BCUT2D eigenvalue weighted by Crippen LogP contribution is -2.60. The summed E-state index contributed by atoms with van der Waals surface area (Å²) in [7, 11) is 1.58. The Bertz CT molecular complexity index is 1100. The maximum Gasteiger partial charge on any atom is 0.292 e. The lowest BCUT2D eigenvalue weighted by atomic mass is 9.86. The molecule has 2 atom stereocenters. The van der Waals surface area contributed by atoms with Crippen molar-refractivity contribution in [2.45, 2.75) is 70.0 Å². The molecule has 11 heteroatoms. The molecule has 0 radical (unpaired) electrons. The molecule has 2 fully saturated rings. The molecule has 2 heterocycles. The number of nitrogens with one attached hydrogen (secondary N) is 2. The summed E-state index contributed by atoms with van der Waals surface area (Å²) in [4.78, 5) is 32.8. The van der Waals surface area contributed by atoms with E-state index in [-0.39, 0.29) is 23.2 Å². The van der Waals surface area contributed by atoms with Crippen LogP contribution < -0.4 is 10.6 Å². The monoisotopic (exact) mass is 519 g/mol. The van der Waals surface area contributed by atoms with E-state index in [4.69, 9.17) is 9.26 Å². The van der Waals surface area contributed by atoms with Crippen LogP contribution in [0.5, 0.6) is 0 Å². The number of ether oxygens (including phenoxy) is 1. The lowest BCUT2D eigenvalue weighted by Gasteiger charge is -2.43. The van der Waals surface area contributed by atoms with Gasteiger partial charge in [0.25, 0.3) is 17.6 Å². The molecule has 1 aliphatic heterocycles. The van der Waals surface area contributed by atoms with Gasteiger partial charge in [-0.3, -0.25) is 14.5 Å². The molecule has 1 aromatic carbocycles. The lowest BCUT2D eigenvalue weighted by molar-refractivity contribution is -0.130. The Morgan fingerprint density at radius 3 is 2.65 bits per heavy atom. The molecule has 2 N–H and O–H groups in total. The fourth-order valence-electron chi connectivity index (χ4n) is 5.34. The molecule has 1 saturated carbocycles. The van der Waals surface area contributed by atoms with E-state index in [0.717, 1.165) is 25.5 Å². The van der Waals surface area contributed by atoms with Crippen molar-refractivity contribution >= 4 is 11.8 Å². The Labute approximate surface area is 215 Å². The summed E-state index contributed by atoms with van der Waals surface area (Å²) in [5.41, 5.74) is -0.679. The molecular weight excluding hydrogens is 484 g/mol. The Morgan fingerprint density at radius 2 is 1.95 bits per heavy atom. The maximum atomic E-state index is 14.1. The normalized spacial score (nSPS) is 21.5. The summed E-state index contributed by atoms with van der Waals surface area (Å²) in [6.45, 7) is 5.42. The molecule has 2 aromatic rings. The number of benzene rings is 1. The highest BCUT2D eigenvalue weighted by Crippen LogP contribution is 2.28. The molecule has 0 bridgehead atoms. The third kappa shape index (κ3) is 6.70. The van der Waals surface area contributed by atoms with Gasteiger partial charge in [-0.2, -0.15) is 4.98 Å². The summed E-state index contributed by atoms with van der Waals surface area (Å²) in [5.74, 6) is -3.40. The van der Waals surface area contributed by atoms with Gasteiger partial charge in [0, 0.05) is 38.3 Å². The fourth-order valence-corrected chi connectivity index (χ4v) is 5.34. The number of carbonyl (C=O) groups excluding carboxylic acids is 2. The zero-order chi connectivity index (χ0) is 26.6. The van der Waals surface area contributed by atoms with E-state index in [1.807, 2.05) is 13.8 Å². The van der Waals surface area contributed by atoms with E-state index in [2.05, 4.69) is 25.7 Å². The van der Waals surface area contributed by atoms with Crippen molar-refractivity contribution in [3.63, 3.8) is 0 Å². The van der Waals surface area contributed by atoms with Gasteiger partial charge in [0.05, 0.1) is 23.6 Å². The Hall–Kier alpha value is -2.92. The van der Waals surface area contributed by atoms with Crippen molar-refractivity contribution < 1.29 is 27.6 Å². The summed E-state index contributed by atoms with van der Waals surface area (Å²) >= 11 is 0. The minimum atomic E-state index is -0.874. The first kappa shape index (κ1) is 27.1. The summed E-state index contributed by atoms with van der Waals surface area (Å²) in [6.07, 6.45) is 6.44. The van der Waals surface area contributed by atoms with Crippen LogP contribution in [-0.2, 0) is 9.53 Å². The number of nitrogens with zero attached hydrogens (tertiary/aromatic N) is 3. The van der Waals surface area contributed by atoms with Crippen molar-refractivity contribution in [2.75, 3.05) is 26.8 Å². The number of amides is 2. The molecule has 1 aliphatic carbocycles. The number of carbonyl (C=O) groups is 2. The number of hydrogen-bond acceptors (Lipinski definition) is 7. The van der Waals surface area contributed by atoms with Crippen LogP contribution in [0, 0.1) is 17.6 Å². The van der Waals surface area contributed by atoms with Crippen LogP contribution in [0.3, 0.4) is 0 Å². The van der Waals surface area contributed by atoms with E-state index in [1.54, 1.807) is 7.11 Å². The van der Waals surface area contributed by atoms with Gasteiger partial charge < -0.3 is 19.9 Å². The van der Waals surface area contributed by atoms with E-state index in [1.165, 1.54) is 25.3 Å². The molecular formula is C26H35F2N5O4. The van der Waals surface area contributed by atoms with Crippen molar-refractivity contribution in [1.82, 2.24) is 25.7 Å². The molecule has 202 valence electrons. The molecule has 9 nitrogen and oxygen atoms in total. The second-order valence-corrected chi connectivity index (χ2v) is 10.6. The molecule has 4 rings (SSSR count). The van der Waals surface area contributed by atoms with Gasteiger partial charge in [-0.05, 0) is 45.2 Å². The molecule has 0 unspecified atom stereocenters. The molecule has 2 aliphatic rings. The minimum Gasteiger partial charge on any atom is -0.382 e. The van der Waals surface area contributed by atoms with Gasteiger partial charge in [-0.25, -0.2) is 8.78 Å². The maximum absolute atomic E-state index is 14.1. The first-order valence-electron chi connectivity index (χ1n) is 12.8. The first-order valence-corrected chi connectivity index (χ1v) is 12.8. The van der Waals surface area contributed by atoms with Gasteiger partial charge in [-0.15, -0.1) is 0 Å². The van der Waals surface area contributed by atoms with Crippen LogP contribution in [-0.4, -0.2) is 71.3 Å². The summed E-state index contributed by atoms with van der Waals surface area (Å²) in [6, 6.07) is 2.93. The van der Waals surface area contributed by atoms with Gasteiger partial charge >= 0.3 is 0 Å². The SMILES string of the molecule is COCC(C)(C)NC(=O)[C@@H]1CN(C2CCCCC2)CC[C@H]1NC(=O)c1noc(-c2ccc(F)cc2F)n1. The molecule has 1 saturated heterocycles. The zero-order valence-electron chi connectivity index (χ0n) is 21.6. The smallest absolute Gasteiger partial charge is 0.292 e. The topological polar surface area (TPSA) is 110 Å². The van der Waals surface area contributed by atoms with E-state index in [0.29, 0.717) is 31.7 Å². The highest BCUT2D eigenvalue weighted by Gasteiger charge is 2.39. The highest BCUT2D eigenvalue weighted by atomic mass is 19.1. The highest BCUT2D eigenvalue weighted by molar-refractivity contribution is 5.91. The third-order valence-electron chi connectivity index (χ3n) is 7.15. The number of likely N-dealkylation sites (tertiary alicyclic amines) is 1. The predicted octanol–water partition coefficient (Wildman–Crippen LogP) is 3.31. The van der Waals surface area contributed by atoms with E-state index < -0.39 is 35.0 Å². The van der Waals surface area contributed by atoms with Gasteiger partial charge in [0.15, 0.2) is 0 Å². The van der Waals surface area contributed by atoms with E-state index in [9.17, 15) is 18.4 Å². The Kier molecular flexibility index (Phi) is 8.53. The second kappa shape index (κ2) is 11.6. The predicted molar refractivity (Wildman–Crippen MR) is 132 cm³/mol. The number of hydrogen-bond donors (Lipinski definition) is 2. The number of methoxy groups -OCH3 is 1. The van der Waals surface area contributed by atoms with E-state index >= 15 is 0 Å². The first-order chi connectivity index (χ1) is 17.7. The standard InChI is InChI=1S/C26H35F2N5O4/c1-26(2,15-36-3)31-23(34)19-14-33(17-7-5-4-6-8-17)12-11-21(19)29-24(35)22-30-25(37-32-22)18-10-9-16(27)13-20(18)28/h9-10,13,17,19,21H,4-8,11-12,14-15H2,1-3H3,(H,29,35)(H,31,34)/t19-,21-/m1/s1. The van der Waals surface area contributed by atoms with Crippen molar-refractivity contribution in [2.24, 2.45) is 5.92 Å². The Morgan fingerprint density at radius 1 is 1.19 bits per heavy atom.